The fourth-order valence-corrected chi connectivity index (χ4v) is 4.02. The van der Waals surface area contributed by atoms with Gasteiger partial charge in [-0.05, 0) is 61.0 Å². The lowest BCUT2D eigenvalue weighted by molar-refractivity contribution is 0.340. The summed E-state index contributed by atoms with van der Waals surface area (Å²) in [7, 11) is 0. The van der Waals surface area contributed by atoms with Gasteiger partial charge in [0.1, 0.15) is 5.75 Å². The van der Waals surface area contributed by atoms with Gasteiger partial charge in [0.15, 0.2) is 11.0 Å². The van der Waals surface area contributed by atoms with Gasteiger partial charge in [0.25, 0.3) is 0 Å². The van der Waals surface area contributed by atoms with E-state index in [4.69, 9.17) is 16.3 Å². The molecule has 4 rings (SSSR count). The Morgan fingerprint density at radius 2 is 1.90 bits per heavy atom. The molecular formula is C22H19ClN4OS. The second kappa shape index (κ2) is 9.11. The van der Waals surface area contributed by atoms with E-state index in [-0.39, 0.29) is 0 Å². The zero-order valence-electron chi connectivity index (χ0n) is 15.8. The Kier molecular flexibility index (Phi) is 6.12. The molecule has 0 atom stereocenters. The fraction of sp³-hybridized carbons (Fsp3) is 0.136. The number of nitrogens with zero attached hydrogens (tertiary/aromatic N) is 4. The van der Waals surface area contributed by atoms with Crippen LogP contribution in [0, 0.1) is 0 Å². The van der Waals surface area contributed by atoms with Crippen LogP contribution >= 0.6 is 23.4 Å². The summed E-state index contributed by atoms with van der Waals surface area (Å²) < 4.78 is 7.62. The van der Waals surface area contributed by atoms with Crippen molar-refractivity contribution in [2.24, 2.45) is 0 Å². The largest absolute Gasteiger partial charge is 0.494 e. The quantitative estimate of drug-likeness (QED) is 0.359. The summed E-state index contributed by atoms with van der Waals surface area (Å²) in [6.07, 6.45) is 3.54. The summed E-state index contributed by atoms with van der Waals surface area (Å²) in [5, 5.41) is 10.4. The third-order valence-corrected chi connectivity index (χ3v) is 5.45. The Morgan fingerprint density at radius 3 is 2.62 bits per heavy atom. The van der Waals surface area contributed by atoms with Gasteiger partial charge >= 0.3 is 0 Å². The van der Waals surface area contributed by atoms with Gasteiger partial charge in [0.05, 0.1) is 6.61 Å². The van der Waals surface area contributed by atoms with E-state index in [1.165, 1.54) is 0 Å². The number of thioether (sulfide) groups is 1. The standard InChI is InChI=1S/C22H19ClN4OS/c1-2-28-20-10-8-19(9-11-20)27-21(17-6-4-12-24-14-17)25-26-22(27)29-15-16-5-3-7-18(23)13-16/h3-14H,2,15H2,1H3. The molecule has 0 aliphatic rings. The average molecular weight is 423 g/mol. The van der Waals surface area contributed by atoms with Gasteiger partial charge in [0, 0.05) is 34.4 Å². The molecule has 0 fully saturated rings. The molecule has 2 aromatic heterocycles. The number of hydrogen-bond donors (Lipinski definition) is 0. The molecule has 0 aliphatic carbocycles. The average Bonchev–Trinajstić information content (AvgIpc) is 3.18. The molecule has 0 N–H and O–H groups in total. The number of hydrogen-bond acceptors (Lipinski definition) is 5. The van der Waals surface area contributed by atoms with Crippen LogP contribution < -0.4 is 4.74 Å². The molecule has 0 spiro atoms. The molecule has 7 heteroatoms. The minimum atomic E-state index is 0.633. The third-order valence-electron chi connectivity index (χ3n) is 4.22. The highest BCUT2D eigenvalue weighted by Crippen LogP contribution is 2.30. The van der Waals surface area contributed by atoms with Gasteiger partial charge in [-0.25, -0.2) is 0 Å². The molecule has 0 bridgehead atoms. The second-order valence-corrected chi connectivity index (χ2v) is 7.61. The summed E-state index contributed by atoms with van der Waals surface area (Å²) in [5.74, 6) is 2.32. The summed E-state index contributed by atoms with van der Waals surface area (Å²) in [6, 6.07) is 19.7. The zero-order valence-corrected chi connectivity index (χ0v) is 17.4. The lowest BCUT2D eigenvalue weighted by atomic mass is 10.2. The molecule has 0 saturated heterocycles. The van der Waals surface area contributed by atoms with E-state index in [1.54, 1.807) is 24.2 Å². The van der Waals surface area contributed by atoms with Crippen LogP contribution in [0.4, 0.5) is 0 Å². The van der Waals surface area contributed by atoms with E-state index >= 15 is 0 Å². The van der Waals surface area contributed by atoms with Crippen molar-refractivity contribution in [3.8, 4) is 22.8 Å². The summed E-state index contributed by atoms with van der Waals surface area (Å²) in [4.78, 5) is 4.22. The topological polar surface area (TPSA) is 52.8 Å². The number of aromatic nitrogens is 4. The van der Waals surface area contributed by atoms with E-state index < -0.39 is 0 Å². The molecule has 5 nitrogen and oxygen atoms in total. The van der Waals surface area contributed by atoms with Gasteiger partial charge in [0.2, 0.25) is 0 Å². The third kappa shape index (κ3) is 4.60. The van der Waals surface area contributed by atoms with Crippen LogP contribution in [0.5, 0.6) is 5.75 Å². The molecule has 2 aromatic carbocycles. The molecule has 2 heterocycles. The Morgan fingerprint density at radius 1 is 1.03 bits per heavy atom. The van der Waals surface area contributed by atoms with Crippen LogP contribution in [-0.4, -0.2) is 26.4 Å². The van der Waals surface area contributed by atoms with E-state index in [9.17, 15) is 0 Å². The molecule has 4 aromatic rings. The van der Waals surface area contributed by atoms with Crippen LogP contribution in [0.3, 0.4) is 0 Å². The smallest absolute Gasteiger partial charge is 0.196 e. The molecule has 0 radical (unpaired) electrons. The van der Waals surface area contributed by atoms with Crippen LogP contribution in [0.2, 0.25) is 5.02 Å². The van der Waals surface area contributed by atoms with Gasteiger partial charge in [-0.1, -0.05) is 35.5 Å². The van der Waals surface area contributed by atoms with Crippen molar-refractivity contribution >= 4 is 23.4 Å². The van der Waals surface area contributed by atoms with E-state index in [2.05, 4.69) is 21.2 Å². The van der Waals surface area contributed by atoms with Crippen molar-refractivity contribution in [1.29, 1.82) is 0 Å². The predicted octanol–water partition coefficient (Wildman–Crippen LogP) is 5.67. The number of halogens is 1. The SMILES string of the molecule is CCOc1ccc(-n2c(SCc3cccc(Cl)c3)nnc2-c2cccnc2)cc1. The van der Waals surface area contributed by atoms with E-state index in [1.807, 2.05) is 66.1 Å². The monoisotopic (exact) mass is 422 g/mol. The molecule has 0 amide bonds. The van der Waals surface area contributed by atoms with Gasteiger partial charge in [-0.3, -0.25) is 9.55 Å². The zero-order chi connectivity index (χ0) is 20.1. The van der Waals surface area contributed by atoms with Gasteiger partial charge in [-0.15, -0.1) is 10.2 Å². The number of pyridine rings is 1. The van der Waals surface area contributed by atoms with Crippen molar-refractivity contribution in [1.82, 2.24) is 19.7 Å². The highest BCUT2D eigenvalue weighted by molar-refractivity contribution is 7.98. The van der Waals surface area contributed by atoms with Gasteiger partial charge in [-0.2, -0.15) is 0 Å². The molecular weight excluding hydrogens is 404 g/mol. The van der Waals surface area contributed by atoms with Crippen LogP contribution in [0.15, 0.2) is 78.2 Å². The summed E-state index contributed by atoms with van der Waals surface area (Å²) in [6.45, 7) is 2.60. The number of benzene rings is 2. The number of ether oxygens (including phenoxy) is 1. The molecule has 0 saturated carbocycles. The first kappa shape index (κ1) is 19.5. The Balaban J connectivity index is 1.70. The van der Waals surface area contributed by atoms with Crippen molar-refractivity contribution in [2.45, 2.75) is 17.8 Å². The van der Waals surface area contributed by atoms with Crippen molar-refractivity contribution < 1.29 is 4.74 Å². The summed E-state index contributed by atoms with van der Waals surface area (Å²) >= 11 is 7.73. The normalized spacial score (nSPS) is 10.8. The maximum atomic E-state index is 6.12. The first-order chi connectivity index (χ1) is 14.2. The van der Waals surface area contributed by atoms with Crippen molar-refractivity contribution in [3.05, 3.63) is 83.6 Å². The highest BCUT2D eigenvalue weighted by atomic mass is 35.5. The predicted molar refractivity (Wildman–Crippen MR) is 117 cm³/mol. The minimum Gasteiger partial charge on any atom is -0.494 e. The van der Waals surface area contributed by atoms with Gasteiger partial charge < -0.3 is 4.74 Å². The highest BCUT2D eigenvalue weighted by Gasteiger charge is 2.16. The van der Waals surface area contributed by atoms with Crippen molar-refractivity contribution in [2.75, 3.05) is 6.61 Å². The van der Waals surface area contributed by atoms with Crippen LogP contribution in [0.1, 0.15) is 12.5 Å². The van der Waals surface area contributed by atoms with Crippen molar-refractivity contribution in [3.63, 3.8) is 0 Å². The fourth-order valence-electron chi connectivity index (χ4n) is 2.91. The molecule has 0 unspecified atom stereocenters. The first-order valence-corrected chi connectivity index (χ1v) is 10.6. The summed E-state index contributed by atoms with van der Waals surface area (Å²) in [5.41, 5.74) is 3.00. The van der Waals surface area contributed by atoms with Crippen LogP contribution in [-0.2, 0) is 5.75 Å². The lowest BCUT2D eigenvalue weighted by Crippen LogP contribution is -2.00. The Labute approximate surface area is 178 Å². The minimum absolute atomic E-state index is 0.633. The molecule has 0 aliphatic heterocycles. The van der Waals surface area contributed by atoms with Crippen LogP contribution in [0.25, 0.3) is 17.1 Å². The maximum Gasteiger partial charge on any atom is 0.196 e. The number of rotatable bonds is 7. The Bertz CT molecular complexity index is 1080. The maximum absolute atomic E-state index is 6.12. The molecule has 146 valence electrons. The Hall–Kier alpha value is -2.83. The first-order valence-electron chi connectivity index (χ1n) is 9.21. The second-order valence-electron chi connectivity index (χ2n) is 6.23. The van der Waals surface area contributed by atoms with E-state index in [0.29, 0.717) is 6.61 Å². The van der Waals surface area contributed by atoms with E-state index in [0.717, 1.165) is 44.3 Å². The lowest BCUT2D eigenvalue weighted by Gasteiger charge is -2.11. The molecule has 29 heavy (non-hydrogen) atoms.